The van der Waals surface area contributed by atoms with E-state index >= 15 is 0 Å². The van der Waals surface area contributed by atoms with Crippen LogP contribution in [0.5, 0.6) is 0 Å². The molecule has 0 aromatic carbocycles. The lowest BCUT2D eigenvalue weighted by Crippen LogP contribution is -2.34. The molecule has 0 radical (unpaired) electrons. The van der Waals surface area contributed by atoms with E-state index in [1.807, 2.05) is 0 Å². The van der Waals surface area contributed by atoms with Crippen LogP contribution in [0, 0.1) is 5.92 Å². The van der Waals surface area contributed by atoms with Crippen molar-refractivity contribution < 1.29 is 4.84 Å². The molecule has 2 rings (SSSR count). The summed E-state index contributed by atoms with van der Waals surface area (Å²) in [4.78, 5) is 5.98. The predicted octanol–water partition coefficient (Wildman–Crippen LogP) is 2.76. The Hall–Kier alpha value is -0.340. The summed E-state index contributed by atoms with van der Waals surface area (Å²) in [5.41, 5.74) is 1.55. The normalized spacial score (nSPS) is 36.7. The molecule has 2 unspecified atom stereocenters. The van der Waals surface area contributed by atoms with Crippen LogP contribution in [0.15, 0.2) is 11.6 Å². The van der Waals surface area contributed by atoms with Gasteiger partial charge in [-0.05, 0) is 33.6 Å². The Kier molecular flexibility index (Phi) is 2.44. The van der Waals surface area contributed by atoms with Crippen molar-refractivity contribution in [3.63, 3.8) is 0 Å². The fraction of sp³-hybridized carbons (Fsp3) is 0.833. The maximum absolute atomic E-state index is 5.98. The SMILES string of the molecule is CCN1OC(C)(C)C2CCC(C)=CC21. The Morgan fingerprint density at radius 2 is 2.29 bits per heavy atom. The van der Waals surface area contributed by atoms with Gasteiger partial charge in [0.15, 0.2) is 0 Å². The van der Waals surface area contributed by atoms with Gasteiger partial charge in [0.2, 0.25) is 0 Å². The number of hydrogen-bond donors (Lipinski definition) is 0. The highest BCUT2D eigenvalue weighted by atomic mass is 16.7. The van der Waals surface area contributed by atoms with Crippen molar-refractivity contribution in [2.45, 2.75) is 52.2 Å². The van der Waals surface area contributed by atoms with Crippen LogP contribution >= 0.6 is 0 Å². The zero-order valence-corrected chi connectivity index (χ0v) is 9.71. The number of hydroxylamine groups is 2. The van der Waals surface area contributed by atoms with Gasteiger partial charge in [-0.3, -0.25) is 4.84 Å². The van der Waals surface area contributed by atoms with Gasteiger partial charge < -0.3 is 0 Å². The summed E-state index contributed by atoms with van der Waals surface area (Å²) >= 11 is 0. The summed E-state index contributed by atoms with van der Waals surface area (Å²) in [5, 5.41) is 2.15. The zero-order chi connectivity index (χ0) is 10.3. The van der Waals surface area contributed by atoms with Gasteiger partial charge >= 0.3 is 0 Å². The minimum Gasteiger partial charge on any atom is -0.292 e. The van der Waals surface area contributed by atoms with Gasteiger partial charge in [0.25, 0.3) is 0 Å². The fourth-order valence-corrected chi connectivity index (χ4v) is 2.79. The molecule has 1 aliphatic carbocycles. The molecular weight excluding hydrogens is 174 g/mol. The van der Waals surface area contributed by atoms with Crippen LogP contribution in [-0.2, 0) is 4.84 Å². The van der Waals surface area contributed by atoms with Crippen molar-refractivity contribution in [1.82, 2.24) is 5.06 Å². The highest BCUT2D eigenvalue weighted by molar-refractivity contribution is 5.14. The lowest BCUT2D eigenvalue weighted by atomic mass is 9.77. The largest absolute Gasteiger partial charge is 0.292 e. The molecule has 2 atom stereocenters. The van der Waals surface area contributed by atoms with E-state index in [2.05, 4.69) is 38.8 Å². The quantitative estimate of drug-likeness (QED) is 0.596. The van der Waals surface area contributed by atoms with Crippen molar-refractivity contribution in [3.8, 4) is 0 Å². The molecule has 80 valence electrons. The molecule has 0 saturated carbocycles. The van der Waals surface area contributed by atoms with E-state index < -0.39 is 0 Å². The number of allylic oxidation sites excluding steroid dienone is 1. The van der Waals surface area contributed by atoms with Crippen LogP contribution in [-0.4, -0.2) is 23.3 Å². The van der Waals surface area contributed by atoms with E-state index in [0.29, 0.717) is 12.0 Å². The first-order chi connectivity index (χ1) is 6.54. The summed E-state index contributed by atoms with van der Waals surface area (Å²) in [7, 11) is 0. The summed E-state index contributed by atoms with van der Waals surface area (Å²) in [5.74, 6) is 0.672. The molecule has 0 amide bonds. The van der Waals surface area contributed by atoms with Crippen molar-refractivity contribution in [2.24, 2.45) is 5.92 Å². The Morgan fingerprint density at radius 3 is 2.93 bits per heavy atom. The topological polar surface area (TPSA) is 12.5 Å². The van der Waals surface area contributed by atoms with Gasteiger partial charge in [0, 0.05) is 12.5 Å². The van der Waals surface area contributed by atoms with E-state index in [1.165, 1.54) is 18.4 Å². The molecule has 1 fully saturated rings. The number of rotatable bonds is 1. The molecule has 0 bridgehead atoms. The van der Waals surface area contributed by atoms with Crippen LogP contribution in [0.3, 0.4) is 0 Å². The Balaban J connectivity index is 2.26. The molecule has 0 spiro atoms. The Morgan fingerprint density at radius 1 is 1.57 bits per heavy atom. The molecule has 0 aromatic rings. The number of nitrogens with zero attached hydrogens (tertiary/aromatic N) is 1. The lowest BCUT2D eigenvalue weighted by molar-refractivity contribution is -0.187. The minimum absolute atomic E-state index is 0.0257. The molecule has 2 nitrogen and oxygen atoms in total. The first kappa shape index (κ1) is 10.2. The van der Waals surface area contributed by atoms with Gasteiger partial charge in [-0.1, -0.05) is 18.6 Å². The zero-order valence-electron chi connectivity index (χ0n) is 9.71. The van der Waals surface area contributed by atoms with Gasteiger partial charge in [0.05, 0.1) is 11.6 Å². The first-order valence-corrected chi connectivity index (χ1v) is 5.67. The summed E-state index contributed by atoms with van der Waals surface area (Å²) in [6, 6.07) is 0.517. The lowest BCUT2D eigenvalue weighted by Gasteiger charge is -2.29. The Bertz CT molecular complexity index is 257. The molecule has 1 heterocycles. The molecule has 1 aliphatic heterocycles. The first-order valence-electron chi connectivity index (χ1n) is 5.67. The van der Waals surface area contributed by atoms with E-state index in [4.69, 9.17) is 4.84 Å². The van der Waals surface area contributed by atoms with Crippen LogP contribution in [0.2, 0.25) is 0 Å². The van der Waals surface area contributed by atoms with Crippen LogP contribution in [0.4, 0.5) is 0 Å². The molecule has 0 aromatic heterocycles. The van der Waals surface area contributed by atoms with Crippen molar-refractivity contribution in [2.75, 3.05) is 6.54 Å². The molecular formula is C12H21NO. The second-order valence-corrected chi connectivity index (χ2v) is 5.08. The number of likely N-dealkylation sites (N-methyl/N-ethyl adjacent to an activating group) is 1. The van der Waals surface area contributed by atoms with Crippen LogP contribution < -0.4 is 0 Å². The van der Waals surface area contributed by atoms with E-state index in [-0.39, 0.29) is 5.60 Å². The van der Waals surface area contributed by atoms with Gasteiger partial charge in [0.1, 0.15) is 0 Å². The summed E-state index contributed by atoms with van der Waals surface area (Å²) in [6.07, 6.45) is 4.91. The summed E-state index contributed by atoms with van der Waals surface area (Å²) < 4.78 is 0. The molecule has 0 N–H and O–H groups in total. The average molecular weight is 195 g/mol. The van der Waals surface area contributed by atoms with Gasteiger partial charge in [-0.2, -0.15) is 5.06 Å². The van der Waals surface area contributed by atoms with Gasteiger partial charge in [-0.15, -0.1) is 0 Å². The van der Waals surface area contributed by atoms with E-state index in [1.54, 1.807) is 0 Å². The maximum atomic E-state index is 5.98. The van der Waals surface area contributed by atoms with Crippen LogP contribution in [0.1, 0.15) is 40.5 Å². The highest BCUT2D eigenvalue weighted by Gasteiger charge is 2.47. The predicted molar refractivity (Wildman–Crippen MR) is 57.8 cm³/mol. The maximum Gasteiger partial charge on any atom is 0.0891 e. The Labute approximate surface area is 86.9 Å². The fourth-order valence-electron chi connectivity index (χ4n) is 2.79. The third kappa shape index (κ3) is 1.51. The second kappa shape index (κ2) is 3.35. The van der Waals surface area contributed by atoms with Crippen molar-refractivity contribution >= 4 is 0 Å². The summed E-state index contributed by atoms with van der Waals surface area (Å²) in [6.45, 7) is 9.81. The molecule has 14 heavy (non-hydrogen) atoms. The smallest absolute Gasteiger partial charge is 0.0891 e. The molecule has 2 aliphatic rings. The number of fused-ring (bicyclic) bond motifs is 1. The van der Waals surface area contributed by atoms with Crippen LogP contribution in [0.25, 0.3) is 0 Å². The molecule has 2 heteroatoms. The van der Waals surface area contributed by atoms with E-state index in [0.717, 1.165) is 6.54 Å². The average Bonchev–Trinajstić information content (AvgIpc) is 2.37. The monoisotopic (exact) mass is 195 g/mol. The third-order valence-electron chi connectivity index (χ3n) is 3.61. The number of hydrogen-bond acceptors (Lipinski definition) is 2. The second-order valence-electron chi connectivity index (χ2n) is 5.08. The third-order valence-corrected chi connectivity index (χ3v) is 3.61. The molecule has 1 saturated heterocycles. The van der Waals surface area contributed by atoms with E-state index in [9.17, 15) is 0 Å². The standard InChI is InChI=1S/C12H21NO/c1-5-13-11-8-9(2)6-7-10(11)12(3,4)14-13/h8,10-11H,5-7H2,1-4H3. The van der Waals surface area contributed by atoms with Gasteiger partial charge in [-0.25, -0.2) is 0 Å². The highest BCUT2D eigenvalue weighted by Crippen LogP contribution is 2.42. The van der Waals surface area contributed by atoms with Crippen molar-refractivity contribution in [3.05, 3.63) is 11.6 Å². The minimum atomic E-state index is 0.0257. The van der Waals surface area contributed by atoms with Crippen molar-refractivity contribution in [1.29, 1.82) is 0 Å².